The molecule has 0 spiro atoms. The third-order valence-electron chi connectivity index (χ3n) is 3.88. The average Bonchev–Trinajstić information content (AvgIpc) is 3.18. The Morgan fingerprint density at radius 2 is 2.07 bits per heavy atom. The molecule has 6 nitrogen and oxygen atoms in total. The molecule has 0 aliphatic rings. The summed E-state index contributed by atoms with van der Waals surface area (Å²) in [4.78, 5) is 8.12. The molecule has 2 aromatic rings. The fourth-order valence-electron chi connectivity index (χ4n) is 2.41. The second kappa shape index (κ2) is 13.5. The number of guanidine groups is 1. The average molecular weight is 489 g/mol. The number of ether oxygens (including phenoxy) is 1. The normalized spacial score (nSPS) is 11.1. The highest BCUT2D eigenvalue weighted by atomic mass is 127. The van der Waals surface area contributed by atoms with Crippen LogP contribution in [-0.4, -0.2) is 42.3 Å². The zero-order valence-electron chi connectivity index (χ0n) is 15.9. The molecule has 1 heterocycles. The van der Waals surface area contributed by atoms with Crippen LogP contribution in [0, 0.1) is 5.82 Å². The Labute approximate surface area is 177 Å². The predicted octanol–water partition coefficient (Wildman–Crippen LogP) is 3.50. The summed E-state index contributed by atoms with van der Waals surface area (Å²) in [6.45, 7) is 4.99. The predicted molar refractivity (Wildman–Crippen MR) is 117 cm³/mol. The number of rotatable bonds is 10. The van der Waals surface area contributed by atoms with Gasteiger partial charge in [-0.2, -0.15) is 0 Å². The van der Waals surface area contributed by atoms with Gasteiger partial charge in [0.25, 0.3) is 0 Å². The van der Waals surface area contributed by atoms with Crippen molar-refractivity contribution in [2.75, 3.05) is 26.8 Å². The maximum Gasteiger partial charge on any atom is 0.191 e. The largest absolute Gasteiger partial charge is 0.381 e. The Balaban J connectivity index is 0.00000364. The summed E-state index contributed by atoms with van der Waals surface area (Å²) >= 11 is 0. The fourth-order valence-corrected chi connectivity index (χ4v) is 2.41. The van der Waals surface area contributed by atoms with Crippen molar-refractivity contribution in [2.24, 2.45) is 4.99 Å². The molecule has 0 fully saturated rings. The Kier molecular flexibility index (Phi) is 11.7. The Hall–Kier alpha value is -1.68. The summed E-state index contributed by atoms with van der Waals surface area (Å²) in [5.41, 5.74) is 1.33. The van der Waals surface area contributed by atoms with E-state index in [-0.39, 0.29) is 29.8 Å². The lowest BCUT2D eigenvalue weighted by molar-refractivity contribution is 0.129. The first-order valence-electron chi connectivity index (χ1n) is 9.03. The van der Waals surface area contributed by atoms with Gasteiger partial charge in [-0.1, -0.05) is 19.4 Å². The van der Waals surface area contributed by atoms with Crippen LogP contribution in [-0.2, 0) is 11.3 Å². The van der Waals surface area contributed by atoms with Gasteiger partial charge in [0.1, 0.15) is 5.82 Å². The molecular weight excluding hydrogens is 460 g/mol. The second-order valence-electron chi connectivity index (χ2n) is 5.93. The van der Waals surface area contributed by atoms with E-state index in [0.717, 1.165) is 44.6 Å². The van der Waals surface area contributed by atoms with Gasteiger partial charge in [0.05, 0.1) is 12.0 Å². The van der Waals surface area contributed by atoms with Crippen LogP contribution in [0.25, 0.3) is 5.69 Å². The molecule has 1 aromatic carbocycles. The van der Waals surface area contributed by atoms with E-state index in [4.69, 9.17) is 4.74 Å². The van der Waals surface area contributed by atoms with Crippen molar-refractivity contribution in [3.05, 3.63) is 48.3 Å². The lowest BCUT2D eigenvalue weighted by Gasteiger charge is -2.13. The Morgan fingerprint density at radius 3 is 2.74 bits per heavy atom. The van der Waals surface area contributed by atoms with Crippen LogP contribution in [0.15, 0.2) is 41.9 Å². The van der Waals surface area contributed by atoms with Crippen LogP contribution in [0.1, 0.15) is 31.7 Å². The molecular formula is C19H29FIN5O. The number of benzene rings is 1. The molecule has 0 aliphatic heterocycles. The number of imidazole rings is 1. The SMILES string of the molecule is CCCCOCCCNC(=NC)NCc1ccc(-n2ccnc2)c(F)c1.I. The van der Waals surface area contributed by atoms with E-state index in [1.165, 1.54) is 6.07 Å². The van der Waals surface area contributed by atoms with Gasteiger partial charge in [-0.25, -0.2) is 9.37 Å². The highest BCUT2D eigenvalue weighted by Gasteiger charge is 2.06. The lowest BCUT2D eigenvalue weighted by atomic mass is 10.2. The summed E-state index contributed by atoms with van der Waals surface area (Å²) in [7, 11) is 1.72. The minimum atomic E-state index is -0.283. The molecule has 27 heavy (non-hydrogen) atoms. The van der Waals surface area contributed by atoms with Crippen LogP contribution in [0.3, 0.4) is 0 Å². The van der Waals surface area contributed by atoms with Crippen LogP contribution >= 0.6 is 24.0 Å². The zero-order valence-corrected chi connectivity index (χ0v) is 18.3. The summed E-state index contributed by atoms with van der Waals surface area (Å²) in [5, 5.41) is 6.42. The number of nitrogens with one attached hydrogen (secondary N) is 2. The third-order valence-corrected chi connectivity index (χ3v) is 3.88. The summed E-state index contributed by atoms with van der Waals surface area (Å²) in [6, 6.07) is 5.16. The molecule has 0 amide bonds. The number of hydrogen-bond acceptors (Lipinski definition) is 3. The van der Waals surface area contributed by atoms with E-state index in [9.17, 15) is 4.39 Å². The second-order valence-corrected chi connectivity index (χ2v) is 5.93. The molecule has 0 radical (unpaired) electrons. The summed E-state index contributed by atoms with van der Waals surface area (Å²) < 4.78 is 21.4. The highest BCUT2D eigenvalue weighted by Crippen LogP contribution is 2.14. The van der Waals surface area contributed by atoms with E-state index in [2.05, 4.69) is 27.5 Å². The van der Waals surface area contributed by atoms with Crippen molar-refractivity contribution in [3.8, 4) is 5.69 Å². The van der Waals surface area contributed by atoms with Crippen LogP contribution < -0.4 is 10.6 Å². The van der Waals surface area contributed by atoms with Gasteiger partial charge >= 0.3 is 0 Å². The minimum absolute atomic E-state index is 0. The van der Waals surface area contributed by atoms with Crippen molar-refractivity contribution >= 4 is 29.9 Å². The molecule has 0 saturated heterocycles. The third kappa shape index (κ3) is 8.25. The number of halogens is 2. The molecule has 0 atom stereocenters. The Morgan fingerprint density at radius 1 is 1.26 bits per heavy atom. The maximum atomic E-state index is 14.3. The molecule has 0 aliphatic carbocycles. The number of aromatic nitrogens is 2. The summed E-state index contributed by atoms with van der Waals surface area (Å²) in [6.07, 6.45) is 8.09. The zero-order chi connectivity index (χ0) is 18.6. The van der Waals surface area contributed by atoms with Crippen molar-refractivity contribution in [3.63, 3.8) is 0 Å². The van der Waals surface area contributed by atoms with Crippen molar-refractivity contribution in [2.45, 2.75) is 32.7 Å². The van der Waals surface area contributed by atoms with Gasteiger partial charge in [-0.15, -0.1) is 24.0 Å². The molecule has 2 rings (SSSR count). The minimum Gasteiger partial charge on any atom is -0.381 e. The van der Waals surface area contributed by atoms with Gasteiger partial charge in [0.2, 0.25) is 0 Å². The molecule has 0 unspecified atom stereocenters. The van der Waals surface area contributed by atoms with Gasteiger partial charge < -0.3 is 19.9 Å². The molecule has 0 bridgehead atoms. The van der Waals surface area contributed by atoms with Crippen LogP contribution in [0.5, 0.6) is 0 Å². The van der Waals surface area contributed by atoms with Gasteiger partial charge in [-0.05, 0) is 30.5 Å². The van der Waals surface area contributed by atoms with Crippen LogP contribution in [0.4, 0.5) is 4.39 Å². The van der Waals surface area contributed by atoms with E-state index < -0.39 is 0 Å². The van der Waals surface area contributed by atoms with Crippen molar-refractivity contribution in [1.82, 2.24) is 20.2 Å². The Bertz CT molecular complexity index is 679. The lowest BCUT2D eigenvalue weighted by Crippen LogP contribution is -2.37. The number of unbranched alkanes of at least 4 members (excludes halogenated alkanes) is 1. The number of aliphatic imine (C=N–C) groups is 1. The highest BCUT2D eigenvalue weighted by molar-refractivity contribution is 14.0. The number of nitrogens with zero attached hydrogens (tertiary/aromatic N) is 3. The first-order chi connectivity index (χ1) is 12.7. The maximum absolute atomic E-state index is 14.3. The standard InChI is InChI=1S/C19H28FN5O.HI/c1-3-4-11-26-12-5-8-23-19(21-2)24-14-16-6-7-18(17(20)13-16)25-10-9-22-15-25;/h6-7,9-10,13,15H,3-5,8,11-12,14H2,1-2H3,(H2,21,23,24);1H. The smallest absolute Gasteiger partial charge is 0.191 e. The van der Waals surface area contributed by atoms with E-state index in [1.54, 1.807) is 36.4 Å². The van der Waals surface area contributed by atoms with Gasteiger partial charge in [0, 0.05) is 45.7 Å². The first kappa shape index (κ1) is 23.4. The van der Waals surface area contributed by atoms with E-state index in [0.29, 0.717) is 18.2 Å². The molecule has 8 heteroatoms. The van der Waals surface area contributed by atoms with Gasteiger partial charge in [-0.3, -0.25) is 4.99 Å². The van der Waals surface area contributed by atoms with Gasteiger partial charge in [0.15, 0.2) is 5.96 Å². The quantitative estimate of drug-likeness (QED) is 0.232. The monoisotopic (exact) mass is 489 g/mol. The molecule has 1 aromatic heterocycles. The molecule has 150 valence electrons. The first-order valence-corrected chi connectivity index (χ1v) is 9.03. The number of hydrogen-bond donors (Lipinski definition) is 2. The van der Waals surface area contributed by atoms with Crippen molar-refractivity contribution in [1.29, 1.82) is 0 Å². The molecule has 0 saturated carbocycles. The van der Waals surface area contributed by atoms with Crippen molar-refractivity contribution < 1.29 is 9.13 Å². The summed E-state index contributed by atoms with van der Waals surface area (Å²) in [5.74, 6) is 0.409. The molecule has 2 N–H and O–H groups in total. The fraction of sp³-hybridized carbons (Fsp3) is 0.474. The van der Waals surface area contributed by atoms with E-state index >= 15 is 0 Å². The van der Waals surface area contributed by atoms with E-state index in [1.807, 2.05) is 6.07 Å². The topological polar surface area (TPSA) is 63.5 Å². The van der Waals surface area contributed by atoms with Crippen LogP contribution in [0.2, 0.25) is 0 Å².